The molecule has 198 valence electrons. The second kappa shape index (κ2) is 9.47. The zero-order valence-electron chi connectivity index (χ0n) is 21.1. The molecule has 0 aromatic heterocycles. The number of carbonyl (C=O) groups excluding carboxylic acids is 4. The van der Waals surface area contributed by atoms with E-state index in [0.717, 1.165) is 69.4 Å². The number of anilines is 1. The lowest BCUT2D eigenvalue weighted by atomic mass is 9.72. The predicted octanol–water partition coefficient (Wildman–Crippen LogP) is 1.66. The molecule has 9 nitrogen and oxygen atoms in total. The van der Waals surface area contributed by atoms with E-state index in [-0.39, 0.29) is 29.4 Å². The van der Waals surface area contributed by atoms with Gasteiger partial charge in [0, 0.05) is 25.6 Å². The number of benzene rings is 1. The molecule has 6 rings (SSSR count). The highest BCUT2D eigenvalue weighted by atomic mass is 19.1. The van der Waals surface area contributed by atoms with Crippen LogP contribution in [0.15, 0.2) is 12.1 Å². The summed E-state index contributed by atoms with van der Waals surface area (Å²) < 4.78 is 15.4. The Bertz CT molecular complexity index is 1140. The van der Waals surface area contributed by atoms with Crippen molar-refractivity contribution in [3.63, 3.8) is 0 Å². The van der Waals surface area contributed by atoms with Crippen LogP contribution in [0.1, 0.15) is 72.1 Å². The van der Waals surface area contributed by atoms with Crippen molar-refractivity contribution in [1.82, 2.24) is 20.4 Å². The summed E-state index contributed by atoms with van der Waals surface area (Å²) in [5.41, 5.74) is 0.598. The van der Waals surface area contributed by atoms with Crippen molar-refractivity contribution in [3.8, 4) is 0 Å². The average Bonchev–Trinajstić information content (AvgIpc) is 3.13. The summed E-state index contributed by atoms with van der Waals surface area (Å²) in [5.74, 6) is -2.89. The second-order valence-corrected chi connectivity index (χ2v) is 11.3. The van der Waals surface area contributed by atoms with Crippen LogP contribution in [0.25, 0.3) is 0 Å². The molecule has 37 heavy (non-hydrogen) atoms. The molecule has 2 N–H and O–H groups in total. The first-order chi connectivity index (χ1) is 17.8. The van der Waals surface area contributed by atoms with Gasteiger partial charge in [-0.3, -0.25) is 29.4 Å². The zero-order valence-corrected chi connectivity index (χ0v) is 21.1. The fourth-order valence-corrected chi connectivity index (χ4v) is 7.08. The summed E-state index contributed by atoms with van der Waals surface area (Å²) in [4.78, 5) is 55.7. The number of nitrogens with zero attached hydrogens (tertiary/aromatic N) is 3. The third-order valence-electron chi connectivity index (χ3n) is 9.19. The monoisotopic (exact) mass is 511 g/mol. The maximum Gasteiger partial charge on any atom is 0.262 e. The highest BCUT2D eigenvalue weighted by Gasteiger charge is 2.46. The number of halogens is 1. The number of amides is 4. The molecule has 4 amide bonds. The van der Waals surface area contributed by atoms with Crippen molar-refractivity contribution >= 4 is 29.3 Å². The van der Waals surface area contributed by atoms with E-state index < -0.39 is 35.5 Å². The maximum absolute atomic E-state index is 15.4. The molecule has 1 unspecified atom stereocenters. The Morgan fingerprint density at radius 1 is 0.892 bits per heavy atom. The van der Waals surface area contributed by atoms with Gasteiger partial charge in [-0.25, -0.2) is 4.39 Å². The molecule has 1 aromatic carbocycles. The molecule has 1 atom stereocenters. The minimum absolute atomic E-state index is 0.0158. The Kier molecular flexibility index (Phi) is 6.27. The standard InChI is InChI=1S/C27H34FN5O4/c28-20-14-18-19(26(37)33(25(18)36)21-2-3-23(34)30-24(21)35)15-22(20)32-11-1-6-27(16-32)7-12-31(13-8-27)17-4-9-29-10-5-17/h14-15,17,21,29H,1-13,16H2,(H,30,34,35). The third-order valence-corrected chi connectivity index (χ3v) is 9.19. The largest absolute Gasteiger partial charge is 0.369 e. The van der Waals surface area contributed by atoms with Crippen LogP contribution >= 0.6 is 0 Å². The number of piperidine rings is 4. The summed E-state index contributed by atoms with van der Waals surface area (Å²) in [6, 6.07) is 2.25. The van der Waals surface area contributed by atoms with Gasteiger partial charge >= 0.3 is 0 Å². The molecule has 4 saturated heterocycles. The number of carbonyl (C=O) groups is 4. The molecule has 5 aliphatic rings. The number of nitrogens with one attached hydrogen (secondary N) is 2. The lowest BCUT2D eigenvalue weighted by Crippen LogP contribution is -2.54. The number of hydrogen-bond acceptors (Lipinski definition) is 7. The quantitative estimate of drug-likeness (QED) is 0.595. The van der Waals surface area contributed by atoms with E-state index in [9.17, 15) is 19.2 Å². The van der Waals surface area contributed by atoms with Crippen molar-refractivity contribution in [2.45, 2.75) is 63.5 Å². The lowest BCUT2D eigenvalue weighted by molar-refractivity contribution is -0.136. The zero-order chi connectivity index (χ0) is 25.7. The predicted molar refractivity (Wildman–Crippen MR) is 134 cm³/mol. The van der Waals surface area contributed by atoms with Crippen molar-refractivity contribution < 1.29 is 23.6 Å². The molecule has 0 aliphatic carbocycles. The first-order valence-corrected chi connectivity index (χ1v) is 13.6. The number of likely N-dealkylation sites (tertiary alicyclic amines) is 1. The van der Waals surface area contributed by atoms with Crippen LogP contribution in [0.5, 0.6) is 0 Å². The maximum atomic E-state index is 15.4. The molecule has 5 aliphatic heterocycles. The fraction of sp³-hybridized carbons (Fsp3) is 0.630. The van der Waals surface area contributed by atoms with Crippen LogP contribution in [-0.2, 0) is 9.59 Å². The van der Waals surface area contributed by atoms with E-state index in [2.05, 4.69) is 15.5 Å². The van der Waals surface area contributed by atoms with Gasteiger partial charge in [-0.1, -0.05) is 0 Å². The van der Waals surface area contributed by atoms with Crippen molar-refractivity contribution in [2.75, 3.05) is 44.2 Å². The van der Waals surface area contributed by atoms with Crippen LogP contribution in [0.3, 0.4) is 0 Å². The normalized spacial score (nSPS) is 27.1. The van der Waals surface area contributed by atoms with E-state index >= 15 is 4.39 Å². The summed E-state index contributed by atoms with van der Waals surface area (Å²) in [7, 11) is 0. The van der Waals surface area contributed by atoms with Gasteiger partial charge < -0.3 is 15.1 Å². The molecule has 5 heterocycles. The topological polar surface area (TPSA) is 102 Å². The Hall–Kier alpha value is -2.85. The van der Waals surface area contributed by atoms with Crippen molar-refractivity contribution in [1.29, 1.82) is 0 Å². The van der Waals surface area contributed by atoms with Gasteiger partial charge in [0.15, 0.2) is 0 Å². The van der Waals surface area contributed by atoms with Crippen LogP contribution in [0.2, 0.25) is 0 Å². The number of hydrogen-bond donors (Lipinski definition) is 2. The van der Waals surface area contributed by atoms with Gasteiger partial charge in [-0.05, 0) is 88.7 Å². The van der Waals surface area contributed by atoms with E-state index in [1.54, 1.807) is 0 Å². The highest BCUT2D eigenvalue weighted by Crippen LogP contribution is 2.43. The average molecular weight is 512 g/mol. The van der Waals surface area contributed by atoms with Gasteiger partial charge in [-0.2, -0.15) is 0 Å². The van der Waals surface area contributed by atoms with Gasteiger partial charge in [0.2, 0.25) is 11.8 Å². The van der Waals surface area contributed by atoms with E-state index in [1.165, 1.54) is 18.9 Å². The Labute approximate surface area is 215 Å². The third kappa shape index (κ3) is 4.33. The van der Waals surface area contributed by atoms with Crippen molar-refractivity contribution in [2.24, 2.45) is 5.41 Å². The lowest BCUT2D eigenvalue weighted by Gasteiger charge is -2.50. The smallest absolute Gasteiger partial charge is 0.262 e. The number of fused-ring (bicyclic) bond motifs is 1. The molecular weight excluding hydrogens is 477 g/mol. The number of rotatable bonds is 3. The van der Waals surface area contributed by atoms with Crippen LogP contribution in [0.4, 0.5) is 10.1 Å². The molecule has 0 bridgehead atoms. The molecule has 1 aromatic rings. The molecule has 0 radical (unpaired) electrons. The Morgan fingerprint density at radius 3 is 2.30 bits per heavy atom. The molecule has 1 spiro atoms. The first kappa shape index (κ1) is 24.5. The van der Waals surface area contributed by atoms with E-state index in [4.69, 9.17) is 0 Å². The molecule has 0 saturated carbocycles. The van der Waals surface area contributed by atoms with Crippen LogP contribution < -0.4 is 15.5 Å². The Morgan fingerprint density at radius 2 is 1.59 bits per heavy atom. The SMILES string of the molecule is O=C1CCC(N2C(=O)c3cc(F)c(N4CCCC5(CCN(C6CCNCC6)CC5)C4)cc3C2=O)C(=O)N1. The number of imide groups is 2. The second-order valence-electron chi connectivity index (χ2n) is 11.3. The molecule has 4 fully saturated rings. The van der Waals surface area contributed by atoms with Crippen molar-refractivity contribution in [3.05, 3.63) is 29.1 Å². The van der Waals surface area contributed by atoms with E-state index in [1.807, 2.05) is 4.90 Å². The summed E-state index contributed by atoms with van der Waals surface area (Å²) in [5, 5.41) is 5.63. The van der Waals surface area contributed by atoms with Gasteiger partial charge in [-0.15, -0.1) is 0 Å². The van der Waals surface area contributed by atoms with Gasteiger partial charge in [0.25, 0.3) is 11.8 Å². The van der Waals surface area contributed by atoms with Crippen LogP contribution in [-0.4, -0.2) is 84.8 Å². The van der Waals surface area contributed by atoms with Crippen LogP contribution in [0, 0.1) is 11.2 Å². The minimum atomic E-state index is -1.06. The fourth-order valence-electron chi connectivity index (χ4n) is 7.08. The molecular formula is C27H34FN5O4. The minimum Gasteiger partial charge on any atom is -0.369 e. The van der Waals surface area contributed by atoms with Gasteiger partial charge in [0.05, 0.1) is 16.8 Å². The van der Waals surface area contributed by atoms with Gasteiger partial charge in [0.1, 0.15) is 11.9 Å². The Balaban J connectivity index is 1.19. The summed E-state index contributed by atoms with van der Waals surface area (Å²) >= 11 is 0. The molecule has 10 heteroatoms. The summed E-state index contributed by atoms with van der Waals surface area (Å²) in [6.45, 7) is 5.74. The first-order valence-electron chi connectivity index (χ1n) is 13.6. The summed E-state index contributed by atoms with van der Waals surface area (Å²) in [6.07, 6.45) is 6.77. The van der Waals surface area contributed by atoms with E-state index in [0.29, 0.717) is 18.3 Å². The highest BCUT2D eigenvalue weighted by molar-refractivity contribution is 6.23.